The molecule has 3 amide bonds. The molecule has 4 unspecified atom stereocenters. The summed E-state index contributed by atoms with van der Waals surface area (Å²) >= 11 is 0. The number of nitrogens with zero attached hydrogens (tertiary/aromatic N) is 1. The van der Waals surface area contributed by atoms with E-state index in [1.165, 1.54) is 30.6 Å². The largest absolute Gasteiger partial charge is 0.457 e. The molecule has 5 rings (SSSR count). The van der Waals surface area contributed by atoms with Gasteiger partial charge >= 0.3 is 6.09 Å². The number of anilines is 1. The van der Waals surface area contributed by atoms with E-state index in [1.54, 1.807) is 12.1 Å². The smallest absolute Gasteiger partial charge is 0.411 e. The topological polar surface area (TPSA) is 94.2 Å². The molecule has 0 aromatic heterocycles. The monoisotopic (exact) mass is 562 g/mol. The van der Waals surface area contributed by atoms with E-state index in [0.29, 0.717) is 24.6 Å². The highest BCUT2D eigenvalue weighted by Crippen LogP contribution is 2.48. The predicted octanol–water partition coefficient (Wildman–Crippen LogP) is 7.09. The Labute approximate surface area is 242 Å². The molecule has 3 aliphatic rings. The third-order valence-electron chi connectivity index (χ3n) is 8.46. The van der Waals surface area contributed by atoms with E-state index >= 15 is 0 Å². The van der Waals surface area contributed by atoms with Crippen LogP contribution in [0.15, 0.2) is 54.6 Å². The first-order valence-electron chi connectivity index (χ1n) is 15.4. The number of hydrogen-bond donors (Lipinski definition) is 1. The number of para-hydroxylation sites is 1. The summed E-state index contributed by atoms with van der Waals surface area (Å²) in [5, 5.41) is 2.75. The van der Waals surface area contributed by atoms with Gasteiger partial charge in [-0.25, -0.2) is 4.79 Å². The van der Waals surface area contributed by atoms with Crippen molar-refractivity contribution in [1.82, 2.24) is 4.90 Å². The molecule has 2 bridgehead atoms. The zero-order chi connectivity index (χ0) is 28.4. The zero-order valence-electron chi connectivity index (χ0n) is 23.8. The Bertz CT molecular complexity index is 1130. The number of imide groups is 1. The van der Waals surface area contributed by atoms with Crippen LogP contribution in [0.1, 0.15) is 77.0 Å². The number of carbonyl (C=O) groups is 3. The first kappa shape index (κ1) is 29.1. The van der Waals surface area contributed by atoms with Crippen LogP contribution in [-0.2, 0) is 19.1 Å². The number of benzene rings is 2. The van der Waals surface area contributed by atoms with Crippen molar-refractivity contribution in [2.45, 2.75) is 89.3 Å². The number of unbranched alkanes of at least 4 members (excludes halogenated alkanes) is 9. The van der Waals surface area contributed by atoms with Crippen molar-refractivity contribution in [3.05, 3.63) is 54.6 Å². The second-order valence-electron chi connectivity index (χ2n) is 11.4. The predicted molar refractivity (Wildman–Crippen MR) is 156 cm³/mol. The first-order chi connectivity index (χ1) is 20.1. The van der Waals surface area contributed by atoms with E-state index in [-0.39, 0.29) is 35.9 Å². The molecule has 3 saturated heterocycles. The number of carbonyl (C=O) groups excluding carboxylic acids is 3. The molecule has 220 valence electrons. The normalized spacial score (nSPS) is 22.7. The third-order valence-corrected chi connectivity index (χ3v) is 8.46. The number of hydrogen-bond acceptors (Lipinski definition) is 6. The molecule has 0 saturated carbocycles. The molecule has 41 heavy (non-hydrogen) atoms. The highest BCUT2D eigenvalue weighted by atomic mass is 16.5. The van der Waals surface area contributed by atoms with E-state index in [1.807, 2.05) is 42.5 Å². The fourth-order valence-electron chi connectivity index (χ4n) is 6.33. The Morgan fingerprint density at radius 3 is 1.88 bits per heavy atom. The van der Waals surface area contributed by atoms with Gasteiger partial charge in [-0.15, -0.1) is 0 Å². The number of ether oxygens (including phenoxy) is 3. The van der Waals surface area contributed by atoms with Crippen LogP contribution in [-0.4, -0.2) is 48.2 Å². The van der Waals surface area contributed by atoms with Crippen molar-refractivity contribution in [3.63, 3.8) is 0 Å². The van der Waals surface area contributed by atoms with Crippen LogP contribution in [0.25, 0.3) is 0 Å². The van der Waals surface area contributed by atoms with E-state index in [9.17, 15) is 14.4 Å². The lowest BCUT2D eigenvalue weighted by Crippen LogP contribution is -2.35. The second kappa shape index (κ2) is 14.5. The van der Waals surface area contributed by atoms with Crippen molar-refractivity contribution in [2.75, 3.05) is 18.5 Å². The molecule has 8 nitrogen and oxygen atoms in total. The van der Waals surface area contributed by atoms with Crippen LogP contribution in [0.3, 0.4) is 0 Å². The summed E-state index contributed by atoms with van der Waals surface area (Å²) in [5.74, 6) is 1.09. The van der Waals surface area contributed by atoms with Crippen molar-refractivity contribution in [2.24, 2.45) is 11.8 Å². The molecule has 4 atom stereocenters. The maximum absolute atomic E-state index is 12.7. The summed E-state index contributed by atoms with van der Waals surface area (Å²) < 4.78 is 16.9. The summed E-state index contributed by atoms with van der Waals surface area (Å²) in [6.45, 7) is 0.985. The van der Waals surface area contributed by atoms with E-state index in [4.69, 9.17) is 14.2 Å². The number of amides is 3. The molecule has 0 spiro atoms. The summed E-state index contributed by atoms with van der Waals surface area (Å²) in [6, 6.07) is 16.7. The Morgan fingerprint density at radius 1 is 0.732 bits per heavy atom. The molecule has 1 N–H and O–H groups in total. The molecule has 3 heterocycles. The van der Waals surface area contributed by atoms with E-state index in [0.717, 1.165) is 57.1 Å². The molecule has 2 aromatic carbocycles. The summed E-state index contributed by atoms with van der Waals surface area (Å²) in [4.78, 5) is 38.9. The lowest BCUT2D eigenvalue weighted by atomic mass is 9.81. The maximum Gasteiger partial charge on any atom is 0.411 e. The lowest BCUT2D eigenvalue weighted by molar-refractivity contribution is -0.142. The molecule has 0 aliphatic carbocycles. The number of likely N-dealkylation sites (tertiary alicyclic amines) is 1. The molecule has 3 aliphatic heterocycles. The van der Waals surface area contributed by atoms with Crippen molar-refractivity contribution >= 4 is 23.6 Å². The number of nitrogens with one attached hydrogen (secondary N) is 1. The zero-order valence-corrected chi connectivity index (χ0v) is 23.8. The van der Waals surface area contributed by atoms with Gasteiger partial charge in [0.2, 0.25) is 11.8 Å². The maximum atomic E-state index is 12.7. The lowest BCUT2D eigenvalue weighted by Gasteiger charge is -2.17. The van der Waals surface area contributed by atoms with Gasteiger partial charge in [-0.05, 0) is 62.1 Å². The minimum absolute atomic E-state index is 0.0122. The minimum Gasteiger partial charge on any atom is -0.457 e. The molecule has 8 heteroatoms. The third kappa shape index (κ3) is 7.67. The van der Waals surface area contributed by atoms with Crippen LogP contribution < -0.4 is 10.1 Å². The van der Waals surface area contributed by atoms with Gasteiger partial charge in [0.1, 0.15) is 11.5 Å². The van der Waals surface area contributed by atoms with Crippen LogP contribution in [0.2, 0.25) is 0 Å². The average molecular weight is 563 g/mol. The Kier molecular flexibility index (Phi) is 10.3. The van der Waals surface area contributed by atoms with Crippen molar-refractivity contribution < 1.29 is 28.6 Å². The number of rotatable bonds is 16. The van der Waals surface area contributed by atoms with Crippen LogP contribution in [0.4, 0.5) is 10.5 Å². The summed E-state index contributed by atoms with van der Waals surface area (Å²) in [7, 11) is 0. The minimum atomic E-state index is -0.441. The van der Waals surface area contributed by atoms with E-state index < -0.39 is 6.09 Å². The van der Waals surface area contributed by atoms with Gasteiger partial charge in [0.15, 0.2) is 0 Å². The van der Waals surface area contributed by atoms with Gasteiger partial charge in [-0.1, -0.05) is 69.6 Å². The van der Waals surface area contributed by atoms with Crippen molar-refractivity contribution in [3.8, 4) is 11.5 Å². The van der Waals surface area contributed by atoms with Gasteiger partial charge in [0.05, 0.1) is 30.7 Å². The molecule has 0 radical (unpaired) electrons. The first-order valence-corrected chi connectivity index (χ1v) is 15.4. The SMILES string of the molecule is O=C(Nc1ccc(Oc2ccccc2)cc1)OCCCCCCCCCCCCN1C(=O)C2C3CCC(O3)C2C1=O. The fraction of sp³-hybridized carbons (Fsp3) is 0.545. The second-order valence-corrected chi connectivity index (χ2v) is 11.4. The highest BCUT2D eigenvalue weighted by Gasteiger charge is 2.62. The van der Waals surface area contributed by atoms with Crippen LogP contribution in [0, 0.1) is 11.8 Å². The molecular formula is C33H42N2O6. The Balaban J connectivity index is 0.822. The highest BCUT2D eigenvalue weighted by molar-refractivity contribution is 6.06. The fourth-order valence-corrected chi connectivity index (χ4v) is 6.33. The van der Waals surface area contributed by atoms with Gasteiger partial charge in [-0.3, -0.25) is 19.8 Å². The summed E-state index contributed by atoms with van der Waals surface area (Å²) in [6.07, 6.45) is 12.3. The number of fused-ring (bicyclic) bond motifs is 5. The van der Waals surface area contributed by atoms with E-state index in [2.05, 4.69) is 5.32 Å². The van der Waals surface area contributed by atoms with Crippen LogP contribution in [0.5, 0.6) is 11.5 Å². The molecular weight excluding hydrogens is 520 g/mol. The van der Waals surface area contributed by atoms with Gasteiger partial charge < -0.3 is 14.2 Å². The molecule has 2 aromatic rings. The Hall–Kier alpha value is -3.39. The van der Waals surface area contributed by atoms with Gasteiger partial charge in [0, 0.05) is 12.2 Å². The summed E-state index contributed by atoms with van der Waals surface area (Å²) in [5.41, 5.74) is 0.664. The Morgan fingerprint density at radius 2 is 1.27 bits per heavy atom. The quantitative estimate of drug-likeness (QED) is 0.173. The van der Waals surface area contributed by atoms with Gasteiger partial charge in [0.25, 0.3) is 0 Å². The van der Waals surface area contributed by atoms with Gasteiger partial charge in [-0.2, -0.15) is 0 Å². The molecule has 3 fully saturated rings. The standard InChI is InChI=1S/C33H42N2O6/c36-31-29-27-20-21-28(41-27)30(29)32(37)35(31)22-12-7-5-3-1-2-4-6-8-13-23-39-33(38)34-24-16-18-26(19-17-24)40-25-14-10-9-11-15-25/h9-11,14-19,27-30H,1-8,12-13,20-23H2,(H,34,38). The average Bonchev–Trinajstić information content (AvgIpc) is 3.67. The van der Waals surface area contributed by atoms with Crippen molar-refractivity contribution in [1.29, 1.82) is 0 Å². The van der Waals surface area contributed by atoms with Crippen LogP contribution >= 0.6 is 0 Å².